The minimum absolute atomic E-state index is 0.232. The van der Waals surface area contributed by atoms with Crippen molar-refractivity contribution in [2.75, 3.05) is 5.32 Å². The molecule has 0 fully saturated rings. The standard InChI is InChI=1S/C12H13N3O3S/c1-5-4-8(19-10(5)12(17)18)13-11(16)9-6(2)14-15-7(9)3/h4H,1-3H3,(H,13,16)(H,14,15)(H,17,18). The molecule has 0 bridgehead atoms. The van der Waals surface area contributed by atoms with Gasteiger partial charge in [0, 0.05) is 5.69 Å². The molecule has 0 aliphatic rings. The van der Waals surface area contributed by atoms with Crippen molar-refractivity contribution in [3.63, 3.8) is 0 Å². The lowest BCUT2D eigenvalue weighted by Gasteiger charge is -2.01. The first-order chi connectivity index (χ1) is 8.90. The zero-order valence-electron chi connectivity index (χ0n) is 10.7. The highest BCUT2D eigenvalue weighted by Crippen LogP contribution is 2.27. The third-order valence-corrected chi connectivity index (χ3v) is 3.84. The van der Waals surface area contributed by atoms with Crippen LogP contribution in [0.15, 0.2) is 6.07 Å². The van der Waals surface area contributed by atoms with Crippen LogP contribution in [0, 0.1) is 20.8 Å². The van der Waals surface area contributed by atoms with E-state index in [4.69, 9.17) is 5.11 Å². The van der Waals surface area contributed by atoms with Gasteiger partial charge in [-0.25, -0.2) is 4.79 Å². The second kappa shape index (κ2) is 4.85. The highest BCUT2D eigenvalue weighted by Gasteiger charge is 2.18. The van der Waals surface area contributed by atoms with E-state index in [-0.39, 0.29) is 10.8 Å². The van der Waals surface area contributed by atoms with Crippen molar-refractivity contribution in [3.05, 3.63) is 33.5 Å². The van der Waals surface area contributed by atoms with Gasteiger partial charge < -0.3 is 10.4 Å². The third-order valence-electron chi connectivity index (χ3n) is 2.70. The number of thiophene rings is 1. The summed E-state index contributed by atoms with van der Waals surface area (Å²) < 4.78 is 0. The van der Waals surface area contributed by atoms with Crippen LogP contribution in [0.2, 0.25) is 0 Å². The molecule has 7 heteroatoms. The maximum Gasteiger partial charge on any atom is 0.346 e. The van der Waals surface area contributed by atoms with E-state index in [1.165, 1.54) is 0 Å². The molecule has 2 aromatic heterocycles. The molecule has 0 aromatic carbocycles. The molecular weight excluding hydrogens is 266 g/mol. The van der Waals surface area contributed by atoms with Gasteiger partial charge in [0.2, 0.25) is 0 Å². The molecule has 0 saturated carbocycles. The number of aromatic amines is 1. The quantitative estimate of drug-likeness (QED) is 0.803. The Labute approximate surface area is 113 Å². The Hall–Kier alpha value is -2.15. The number of nitrogens with one attached hydrogen (secondary N) is 2. The lowest BCUT2D eigenvalue weighted by atomic mass is 10.2. The van der Waals surface area contributed by atoms with Crippen molar-refractivity contribution >= 4 is 28.2 Å². The lowest BCUT2D eigenvalue weighted by Crippen LogP contribution is -2.12. The number of rotatable bonds is 3. The molecule has 0 unspecified atom stereocenters. The molecule has 3 N–H and O–H groups in total. The molecule has 2 rings (SSSR count). The summed E-state index contributed by atoms with van der Waals surface area (Å²) in [7, 11) is 0. The van der Waals surface area contributed by atoms with Crippen LogP contribution in [0.25, 0.3) is 0 Å². The minimum atomic E-state index is -0.987. The SMILES string of the molecule is Cc1cc(NC(=O)c2c(C)n[nH]c2C)sc1C(=O)O. The number of hydrogen-bond donors (Lipinski definition) is 3. The summed E-state index contributed by atoms with van der Waals surface area (Å²) in [6.45, 7) is 5.20. The summed E-state index contributed by atoms with van der Waals surface area (Å²) in [5, 5.41) is 18.9. The van der Waals surface area contributed by atoms with E-state index in [2.05, 4.69) is 15.5 Å². The number of carbonyl (C=O) groups excluding carboxylic acids is 1. The van der Waals surface area contributed by atoms with Gasteiger partial charge in [0.25, 0.3) is 5.91 Å². The smallest absolute Gasteiger partial charge is 0.346 e. The van der Waals surface area contributed by atoms with Crippen LogP contribution in [0.4, 0.5) is 5.00 Å². The fourth-order valence-corrected chi connectivity index (χ4v) is 2.72. The zero-order chi connectivity index (χ0) is 14.2. The first-order valence-electron chi connectivity index (χ1n) is 5.56. The van der Waals surface area contributed by atoms with Gasteiger partial charge in [0.1, 0.15) is 4.88 Å². The normalized spacial score (nSPS) is 10.5. The van der Waals surface area contributed by atoms with Crippen LogP contribution in [0.5, 0.6) is 0 Å². The third kappa shape index (κ3) is 2.50. The maximum atomic E-state index is 12.1. The number of amides is 1. The molecule has 19 heavy (non-hydrogen) atoms. The van der Waals surface area contributed by atoms with Crippen molar-refractivity contribution in [1.82, 2.24) is 10.2 Å². The van der Waals surface area contributed by atoms with Gasteiger partial charge in [-0.2, -0.15) is 5.10 Å². The topological polar surface area (TPSA) is 95.1 Å². The number of aryl methyl sites for hydroxylation is 3. The van der Waals surface area contributed by atoms with E-state index in [0.717, 1.165) is 11.3 Å². The van der Waals surface area contributed by atoms with E-state index >= 15 is 0 Å². The highest BCUT2D eigenvalue weighted by molar-refractivity contribution is 7.18. The van der Waals surface area contributed by atoms with E-state index in [1.807, 2.05) is 0 Å². The summed E-state index contributed by atoms with van der Waals surface area (Å²) in [6.07, 6.45) is 0. The second-order valence-electron chi connectivity index (χ2n) is 4.19. The number of anilines is 1. The van der Waals surface area contributed by atoms with Crippen molar-refractivity contribution in [1.29, 1.82) is 0 Å². The largest absolute Gasteiger partial charge is 0.477 e. The Morgan fingerprint density at radius 1 is 1.37 bits per heavy atom. The van der Waals surface area contributed by atoms with Gasteiger partial charge in [-0.15, -0.1) is 11.3 Å². The van der Waals surface area contributed by atoms with Crippen molar-refractivity contribution in [3.8, 4) is 0 Å². The Kier molecular flexibility index (Phi) is 3.39. The number of carbonyl (C=O) groups is 2. The summed E-state index contributed by atoms with van der Waals surface area (Å²) >= 11 is 1.04. The summed E-state index contributed by atoms with van der Waals surface area (Å²) in [4.78, 5) is 23.3. The summed E-state index contributed by atoms with van der Waals surface area (Å²) in [5.41, 5.74) is 2.42. The van der Waals surface area contributed by atoms with Gasteiger partial charge in [-0.3, -0.25) is 9.89 Å². The van der Waals surface area contributed by atoms with Crippen LogP contribution in [-0.4, -0.2) is 27.2 Å². The lowest BCUT2D eigenvalue weighted by molar-refractivity contribution is 0.0701. The molecule has 2 heterocycles. The Morgan fingerprint density at radius 2 is 2.05 bits per heavy atom. The molecule has 0 aliphatic carbocycles. The highest BCUT2D eigenvalue weighted by atomic mass is 32.1. The van der Waals surface area contributed by atoms with Gasteiger partial charge in [0.15, 0.2) is 0 Å². The fraction of sp³-hybridized carbons (Fsp3) is 0.250. The molecule has 1 amide bonds. The fourth-order valence-electron chi connectivity index (χ4n) is 1.82. The number of aromatic nitrogens is 2. The maximum absolute atomic E-state index is 12.1. The first-order valence-corrected chi connectivity index (χ1v) is 6.38. The van der Waals surface area contributed by atoms with E-state index < -0.39 is 5.97 Å². The van der Waals surface area contributed by atoms with E-state index in [9.17, 15) is 9.59 Å². The zero-order valence-corrected chi connectivity index (χ0v) is 11.5. The van der Waals surface area contributed by atoms with Gasteiger partial charge >= 0.3 is 5.97 Å². The number of nitrogens with zero attached hydrogens (tertiary/aromatic N) is 1. The Balaban J connectivity index is 2.25. The van der Waals surface area contributed by atoms with Crippen molar-refractivity contribution < 1.29 is 14.7 Å². The molecule has 2 aromatic rings. The molecule has 6 nitrogen and oxygen atoms in total. The van der Waals surface area contributed by atoms with Gasteiger partial charge in [0.05, 0.1) is 16.3 Å². The number of hydrogen-bond acceptors (Lipinski definition) is 4. The average Bonchev–Trinajstić information content (AvgIpc) is 2.82. The van der Waals surface area contributed by atoms with Crippen LogP contribution < -0.4 is 5.32 Å². The van der Waals surface area contributed by atoms with Crippen LogP contribution in [0.1, 0.15) is 37.0 Å². The van der Waals surface area contributed by atoms with Crippen molar-refractivity contribution in [2.45, 2.75) is 20.8 Å². The van der Waals surface area contributed by atoms with Gasteiger partial charge in [-0.05, 0) is 32.4 Å². The summed E-state index contributed by atoms with van der Waals surface area (Å²) in [5.74, 6) is -1.28. The second-order valence-corrected chi connectivity index (χ2v) is 5.24. The molecule has 100 valence electrons. The van der Waals surface area contributed by atoms with Gasteiger partial charge in [-0.1, -0.05) is 0 Å². The molecule has 0 atom stereocenters. The number of carboxylic acids is 1. The number of aromatic carboxylic acids is 1. The van der Waals surface area contributed by atoms with Crippen LogP contribution in [0.3, 0.4) is 0 Å². The van der Waals surface area contributed by atoms with Crippen LogP contribution >= 0.6 is 11.3 Å². The first kappa shape index (κ1) is 13.3. The summed E-state index contributed by atoms with van der Waals surface area (Å²) in [6, 6.07) is 1.65. The predicted octanol–water partition coefficient (Wildman–Crippen LogP) is 2.35. The van der Waals surface area contributed by atoms with Crippen LogP contribution in [-0.2, 0) is 0 Å². The predicted molar refractivity (Wildman–Crippen MR) is 72.0 cm³/mol. The Morgan fingerprint density at radius 3 is 2.53 bits per heavy atom. The molecule has 0 saturated heterocycles. The van der Waals surface area contributed by atoms with E-state index in [0.29, 0.717) is 27.5 Å². The number of carboxylic acid groups (broad SMARTS) is 1. The Bertz CT molecular complexity index is 638. The van der Waals surface area contributed by atoms with Crippen molar-refractivity contribution in [2.24, 2.45) is 0 Å². The monoisotopic (exact) mass is 279 g/mol. The number of H-pyrrole nitrogens is 1. The minimum Gasteiger partial charge on any atom is -0.477 e. The average molecular weight is 279 g/mol. The molecule has 0 radical (unpaired) electrons. The molecule has 0 aliphatic heterocycles. The molecular formula is C12H13N3O3S. The van der Waals surface area contributed by atoms with E-state index in [1.54, 1.807) is 26.8 Å². The molecule has 0 spiro atoms.